The number of hydrogen-bond acceptors (Lipinski definition) is 3. The van der Waals surface area contributed by atoms with Crippen molar-refractivity contribution < 1.29 is 9.59 Å². The first-order valence-corrected chi connectivity index (χ1v) is 7.19. The average molecular weight is 326 g/mol. The first-order valence-electron chi connectivity index (χ1n) is 6.81. The number of primary amides is 1. The van der Waals surface area contributed by atoms with E-state index in [0.717, 1.165) is 10.9 Å². The number of anilines is 1. The van der Waals surface area contributed by atoms with Gasteiger partial charge in [0.2, 0.25) is 5.91 Å². The van der Waals surface area contributed by atoms with Crippen LogP contribution in [0.2, 0.25) is 5.02 Å². The monoisotopic (exact) mass is 325 g/mol. The number of amides is 2. The Bertz CT molecular complexity index is 925. The second-order valence-electron chi connectivity index (χ2n) is 4.90. The molecule has 0 spiro atoms. The molecule has 0 aliphatic carbocycles. The molecule has 0 radical (unpaired) electrons. The van der Waals surface area contributed by atoms with E-state index in [0.29, 0.717) is 10.7 Å². The number of aromatic nitrogens is 1. The van der Waals surface area contributed by atoms with Gasteiger partial charge < -0.3 is 11.1 Å². The molecule has 0 saturated heterocycles. The Hall–Kier alpha value is -2.92. The number of halogens is 1. The van der Waals surface area contributed by atoms with Crippen LogP contribution in [0.1, 0.15) is 20.8 Å². The van der Waals surface area contributed by atoms with E-state index in [9.17, 15) is 9.59 Å². The maximum Gasteiger partial charge on any atom is 0.274 e. The van der Waals surface area contributed by atoms with Crippen molar-refractivity contribution in [3.05, 3.63) is 70.9 Å². The minimum atomic E-state index is -0.596. The van der Waals surface area contributed by atoms with Crippen LogP contribution in [0.4, 0.5) is 5.69 Å². The van der Waals surface area contributed by atoms with Gasteiger partial charge in [0.1, 0.15) is 5.69 Å². The molecule has 0 bridgehead atoms. The van der Waals surface area contributed by atoms with E-state index in [2.05, 4.69) is 10.3 Å². The van der Waals surface area contributed by atoms with Crippen molar-refractivity contribution in [2.45, 2.75) is 0 Å². The number of nitrogens with two attached hydrogens (primary N) is 1. The predicted molar refractivity (Wildman–Crippen MR) is 89.7 cm³/mol. The lowest BCUT2D eigenvalue weighted by atomic mass is 10.1. The third kappa shape index (κ3) is 3.14. The van der Waals surface area contributed by atoms with Crippen LogP contribution in [0.15, 0.2) is 54.6 Å². The van der Waals surface area contributed by atoms with Crippen LogP contribution in [0.25, 0.3) is 10.9 Å². The summed E-state index contributed by atoms with van der Waals surface area (Å²) in [7, 11) is 0. The summed E-state index contributed by atoms with van der Waals surface area (Å²) >= 11 is 6.04. The molecule has 1 aromatic heterocycles. The van der Waals surface area contributed by atoms with Crippen LogP contribution >= 0.6 is 11.6 Å². The summed E-state index contributed by atoms with van der Waals surface area (Å²) < 4.78 is 0. The summed E-state index contributed by atoms with van der Waals surface area (Å²) in [4.78, 5) is 27.9. The lowest BCUT2D eigenvalue weighted by molar-refractivity contribution is 0.0995. The average Bonchev–Trinajstić information content (AvgIpc) is 2.56. The summed E-state index contributed by atoms with van der Waals surface area (Å²) in [6.07, 6.45) is 0. The molecule has 23 heavy (non-hydrogen) atoms. The van der Waals surface area contributed by atoms with Crippen LogP contribution < -0.4 is 11.1 Å². The zero-order chi connectivity index (χ0) is 16.4. The summed E-state index contributed by atoms with van der Waals surface area (Å²) in [6, 6.07) is 15.4. The molecule has 0 aliphatic rings. The highest BCUT2D eigenvalue weighted by molar-refractivity contribution is 6.34. The number of carbonyl (C=O) groups is 2. The van der Waals surface area contributed by atoms with E-state index >= 15 is 0 Å². The lowest BCUT2D eigenvalue weighted by Crippen LogP contribution is -2.16. The van der Waals surface area contributed by atoms with E-state index in [1.807, 2.05) is 30.3 Å². The highest BCUT2D eigenvalue weighted by atomic mass is 35.5. The van der Waals surface area contributed by atoms with Crippen molar-refractivity contribution in [3.8, 4) is 0 Å². The topological polar surface area (TPSA) is 85.1 Å². The molecular weight excluding hydrogens is 314 g/mol. The molecule has 0 saturated carbocycles. The predicted octanol–water partition coefficient (Wildman–Crippen LogP) is 3.24. The Labute approximate surface area is 137 Å². The number of carbonyl (C=O) groups excluding carboxylic acids is 2. The molecule has 114 valence electrons. The Morgan fingerprint density at radius 3 is 2.61 bits per heavy atom. The minimum Gasteiger partial charge on any atom is -0.366 e. The number of benzene rings is 2. The number of fused-ring (bicyclic) bond motifs is 1. The van der Waals surface area contributed by atoms with Crippen LogP contribution in [0, 0.1) is 0 Å². The molecule has 3 rings (SSSR count). The fourth-order valence-corrected chi connectivity index (χ4v) is 2.32. The molecule has 6 heteroatoms. The smallest absolute Gasteiger partial charge is 0.274 e. The standard InChI is InChI=1S/C17H12ClN3O2/c18-12-7-5-11(16(19)22)9-15(12)21-17(23)14-8-6-10-3-1-2-4-13(10)20-14/h1-9H,(H2,19,22)(H,21,23). The third-order valence-corrected chi connectivity index (χ3v) is 3.66. The SMILES string of the molecule is NC(=O)c1ccc(Cl)c(NC(=O)c2ccc3ccccc3n2)c1. The fraction of sp³-hybridized carbons (Fsp3) is 0. The van der Waals surface area contributed by atoms with Gasteiger partial charge in [-0.1, -0.05) is 35.9 Å². The second kappa shape index (κ2) is 6.06. The van der Waals surface area contributed by atoms with Crippen LogP contribution in [0.5, 0.6) is 0 Å². The summed E-state index contributed by atoms with van der Waals surface area (Å²) in [6.45, 7) is 0. The summed E-state index contributed by atoms with van der Waals surface area (Å²) in [5.74, 6) is -1.01. The fourth-order valence-electron chi connectivity index (χ4n) is 2.15. The van der Waals surface area contributed by atoms with E-state index in [1.54, 1.807) is 6.07 Å². The number of hydrogen-bond donors (Lipinski definition) is 2. The summed E-state index contributed by atoms with van der Waals surface area (Å²) in [5, 5.41) is 3.90. The molecule has 0 atom stereocenters. The Balaban J connectivity index is 1.91. The second-order valence-corrected chi connectivity index (χ2v) is 5.31. The molecule has 5 nitrogen and oxygen atoms in total. The molecule has 2 aromatic carbocycles. The number of pyridine rings is 1. The van der Waals surface area contributed by atoms with Crippen molar-refractivity contribution in [3.63, 3.8) is 0 Å². The van der Waals surface area contributed by atoms with Crippen LogP contribution in [-0.2, 0) is 0 Å². The van der Waals surface area contributed by atoms with Gasteiger partial charge in [-0.15, -0.1) is 0 Å². The van der Waals surface area contributed by atoms with Crippen LogP contribution in [-0.4, -0.2) is 16.8 Å². The van der Waals surface area contributed by atoms with Crippen molar-refractivity contribution in [1.29, 1.82) is 0 Å². The Morgan fingerprint density at radius 2 is 1.83 bits per heavy atom. The zero-order valence-corrected chi connectivity index (χ0v) is 12.7. The van der Waals surface area contributed by atoms with Gasteiger partial charge in [0.15, 0.2) is 0 Å². The van der Waals surface area contributed by atoms with Gasteiger partial charge in [-0.05, 0) is 30.3 Å². The van der Waals surface area contributed by atoms with Gasteiger partial charge in [0.05, 0.1) is 16.2 Å². The van der Waals surface area contributed by atoms with Crippen molar-refractivity contribution in [2.75, 3.05) is 5.32 Å². The summed E-state index contributed by atoms with van der Waals surface area (Å²) in [5.41, 5.74) is 6.77. The van der Waals surface area contributed by atoms with E-state index in [1.165, 1.54) is 18.2 Å². The number of para-hydroxylation sites is 1. The highest BCUT2D eigenvalue weighted by Crippen LogP contribution is 2.23. The Morgan fingerprint density at radius 1 is 1.04 bits per heavy atom. The molecule has 0 aliphatic heterocycles. The number of nitrogens with zero attached hydrogens (tertiary/aromatic N) is 1. The van der Waals surface area contributed by atoms with E-state index < -0.39 is 11.8 Å². The lowest BCUT2D eigenvalue weighted by Gasteiger charge is -2.08. The van der Waals surface area contributed by atoms with Gasteiger partial charge in [-0.2, -0.15) is 0 Å². The van der Waals surface area contributed by atoms with E-state index in [4.69, 9.17) is 17.3 Å². The minimum absolute atomic E-state index is 0.254. The van der Waals surface area contributed by atoms with Gasteiger partial charge in [-0.25, -0.2) is 4.98 Å². The number of nitrogens with one attached hydrogen (secondary N) is 1. The van der Waals surface area contributed by atoms with Gasteiger partial charge >= 0.3 is 0 Å². The Kier molecular flexibility index (Phi) is 3.95. The molecule has 0 fully saturated rings. The number of rotatable bonds is 3. The molecule has 2 amide bonds. The van der Waals surface area contributed by atoms with Crippen molar-refractivity contribution in [2.24, 2.45) is 5.73 Å². The van der Waals surface area contributed by atoms with E-state index in [-0.39, 0.29) is 11.3 Å². The molecule has 0 unspecified atom stereocenters. The quantitative estimate of drug-likeness (QED) is 0.775. The first kappa shape index (κ1) is 15.0. The van der Waals surface area contributed by atoms with Crippen LogP contribution in [0.3, 0.4) is 0 Å². The zero-order valence-electron chi connectivity index (χ0n) is 11.9. The van der Waals surface area contributed by atoms with Gasteiger partial charge in [-0.3, -0.25) is 9.59 Å². The maximum absolute atomic E-state index is 12.3. The highest BCUT2D eigenvalue weighted by Gasteiger charge is 2.12. The van der Waals surface area contributed by atoms with Gasteiger partial charge in [0.25, 0.3) is 5.91 Å². The maximum atomic E-state index is 12.3. The first-order chi connectivity index (χ1) is 11.0. The van der Waals surface area contributed by atoms with Crippen molar-refractivity contribution >= 4 is 40.0 Å². The molecule has 3 N–H and O–H groups in total. The van der Waals surface area contributed by atoms with Crippen molar-refractivity contribution in [1.82, 2.24) is 4.98 Å². The third-order valence-electron chi connectivity index (χ3n) is 3.33. The largest absolute Gasteiger partial charge is 0.366 e. The van der Waals surface area contributed by atoms with Gasteiger partial charge in [0, 0.05) is 10.9 Å². The molecule has 3 aromatic rings. The normalized spacial score (nSPS) is 10.5. The molecular formula is C17H12ClN3O2. The molecule has 1 heterocycles.